The summed E-state index contributed by atoms with van der Waals surface area (Å²) in [6.45, 7) is 0. The lowest BCUT2D eigenvalue weighted by Gasteiger charge is -2.26. The molecule has 0 aliphatic heterocycles. The molecule has 0 fully saturated rings. The van der Waals surface area contributed by atoms with Crippen LogP contribution >= 0.6 is 0 Å². The van der Waals surface area contributed by atoms with Crippen molar-refractivity contribution in [3.8, 4) is 33.4 Å². The summed E-state index contributed by atoms with van der Waals surface area (Å²) in [5.74, 6) is 0. The van der Waals surface area contributed by atoms with E-state index < -0.39 is 0 Å². The maximum absolute atomic E-state index is 6.48. The van der Waals surface area contributed by atoms with E-state index in [2.05, 4.69) is 205 Å². The Balaban J connectivity index is 1.02. The van der Waals surface area contributed by atoms with E-state index in [0.717, 1.165) is 50.1 Å². The summed E-state index contributed by atoms with van der Waals surface area (Å²) in [4.78, 5) is 2.35. The normalized spacial score (nSPS) is 11.6. The van der Waals surface area contributed by atoms with Gasteiger partial charge in [0.05, 0.1) is 0 Å². The van der Waals surface area contributed by atoms with Crippen LogP contribution in [-0.4, -0.2) is 0 Å². The van der Waals surface area contributed by atoms with Gasteiger partial charge in [0.1, 0.15) is 11.2 Å². The Bertz CT molecular complexity index is 3230. The fourth-order valence-electron chi connectivity index (χ4n) is 8.48. The first-order chi connectivity index (χ1) is 27.7. The van der Waals surface area contributed by atoms with Crippen molar-refractivity contribution in [3.05, 3.63) is 212 Å². The van der Waals surface area contributed by atoms with Crippen molar-refractivity contribution in [2.24, 2.45) is 0 Å². The topological polar surface area (TPSA) is 16.4 Å². The highest BCUT2D eigenvalue weighted by molar-refractivity contribution is 6.20. The third kappa shape index (κ3) is 5.42. The number of furan rings is 1. The molecule has 56 heavy (non-hydrogen) atoms. The van der Waals surface area contributed by atoms with Gasteiger partial charge in [-0.1, -0.05) is 164 Å². The van der Waals surface area contributed by atoms with Gasteiger partial charge in [-0.25, -0.2) is 0 Å². The van der Waals surface area contributed by atoms with E-state index in [1.54, 1.807) is 0 Å². The summed E-state index contributed by atoms with van der Waals surface area (Å²) in [6, 6.07) is 76.5. The summed E-state index contributed by atoms with van der Waals surface area (Å²) in [6.07, 6.45) is 0. The molecule has 1 aromatic heterocycles. The lowest BCUT2D eigenvalue weighted by atomic mass is 9.94. The smallest absolute Gasteiger partial charge is 0.143 e. The van der Waals surface area contributed by atoms with Gasteiger partial charge in [0.15, 0.2) is 0 Å². The molecule has 0 aliphatic rings. The Morgan fingerprint density at radius 2 is 0.857 bits per heavy atom. The minimum Gasteiger partial charge on any atom is -0.455 e. The molecule has 2 nitrogen and oxygen atoms in total. The van der Waals surface area contributed by atoms with Gasteiger partial charge in [-0.3, -0.25) is 0 Å². The molecule has 0 N–H and O–H groups in total. The molecule has 11 rings (SSSR count). The molecule has 0 amide bonds. The Morgan fingerprint density at radius 1 is 0.304 bits per heavy atom. The summed E-state index contributed by atoms with van der Waals surface area (Å²) in [5.41, 5.74) is 12.0. The van der Waals surface area contributed by atoms with Crippen molar-refractivity contribution < 1.29 is 4.42 Å². The Hall–Kier alpha value is -7.42. The summed E-state index contributed by atoms with van der Waals surface area (Å²) >= 11 is 0. The fraction of sp³-hybridized carbons (Fsp3) is 0. The van der Waals surface area contributed by atoms with Crippen molar-refractivity contribution >= 4 is 71.3 Å². The number of rotatable bonds is 6. The molecule has 0 bridgehead atoms. The molecule has 0 atom stereocenters. The van der Waals surface area contributed by atoms with E-state index in [1.807, 2.05) is 12.1 Å². The van der Waals surface area contributed by atoms with Gasteiger partial charge in [-0.15, -0.1) is 0 Å². The first-order valence-corrected chi connectivity index (χ1v) is 19.2. The molecule has 0 aliphatic carbocycles. The van der Waals surface area contributed by atoms with Crippen LogP contribution in [0, 0.1) is 0 Å². The van der Waals surface area contributed by atoms with E-state index in [-0.39, 0.29) is 0 Å². The van der Waals surface area contributed by atoms with Crippen LogP contribution in [0.5, 0.6) is 0 Å². The Kier molecular flexibility index (Phi) is 7.53. The van der Waals surface area contributed by atoms with Crippen LogP contribution in [-0.2, 0) is 0 Å². The van der Waals surface area contributed by atoms with Gasteiger partial charge in [-0.05, 0) is 109 Å². The summed E-state index contributed by atoms with van der Waals surface area (Å²) in [7, 11) is 0. The number of hydrogen-bond acceptors (Lipinski definition) is 2. The third-order valence-electron chi connectivity index (χ3n) is 11.2. The zero-order valence-corrected chi connectivity index (χ0v) is 30.6. The second-order valence-electron chi connectivity index (χ2n) is 14.5. The van der Waals surface area contributed by atoms with Crippen LogP contribution in [0.2, 0.25) is 0 Å². The number of para-hydroxylation sites is 2. The van der Waals surface area contributed by atoms with Crippen LogP contribution < -0.4 is 4.90 Å². The molecule has 2 heteroatoms. The van der Waals surface area contributed by atoms with Gasteiger partial charge in [0, 0.05) is 33.4 Å². The molecule has 1 heterocycles. The zero-order valence-electron chi connectivity index (χ0n) is 30.6. The van der Waals surface area contributed by atoms with Gasteiger partial charge in [0.2, 0.25) is 0 Å². The lowest BCUT2D eigenvalue weighted by Crippen LogP contribution is -2.10. The monoisotopic (exact) mass is 713 g/mol. The van der Waals surface area contributed by atoms with Gasteiger partial charge < -0.3 is 9.32 Å². The predicted molar refractivity (Wildman–Crippen MR) is 237 cm³/mol. The molecule has 11 aromatic rings. The average Bonchev–Trinajstić information content (AvgIpc) is 3.66. The largest absolute Gasteiger partial charge is 0.455 e. The second-order valence-corrected chi connectivity index (χ2v) is 14.5. The lowest BCUT2D eigenvalue weighted by molar-refractivity contribution is 0.670. The molecular weight excluding hydrogens is 679 g/mol. The molecule has 0 radical (unpaired) electrons. The molecule has 262 valence electrons. The molecular formula is C54H35NO. The van der Waals surface area contributed by atoms with Crippen LogP contribution in [0.3, 0.4) is 0 Å². The molecule has 0 saturated carbocycles. The fourth-order valence-corrected chi connectivity index (χ4v) is 8.48. The molecule has 0 saturated heterocycles. The quantitative estimate of drug-likeness (QED) is 0.160. The number of fused-ring (bicyclic) bond motifs is 8. The highest BCUT2D eigenvalue weighted by Gasteiger charge is 2.17. The number of anilines is 3. The maximum atomic E-state index is 6.48. The van der Waals surface area contributed by atoms with Crippen LogP contribution in [0.4, 0.5) is 17.1 Å². The number of benzene rings is 10. The average molecular weight is 714 g/mol. The zero-order chi connectivity index (χ0) is 37.0. The first-order valence-electron chi connectivity index (χ1n) is 19.2. The summed E-state index contributed by atoms with van der Waals surface area (Å²) < 4.78 is 6.48. The minimum atomic E-state index is 0.902. The van der Waals surface area contributed by atoms with Crippen LogP contribution in [0.15, 0.2) is 217 Å². The van der Waals surface area contributed by atoms with E-state index in [9.17, 15) is 0 Å². The van der Waals surface area contributed by atoms with Crippen LogP contribution in [0.25, 0.3) is 87.6 Å². The highest BCUT2D eigenvalue weighted by Crippen LogP contribution is 2.41. The van der Waals surface area contributed by atoms with Crippen molar-refractivity contribution in [3.63, 3.8) is 0 Å². The maximum Gasteiger partial charge on any atom is 0.143 e. The SMILES string of the molecule is c1ccc(-c2ccc(N(c3ccc(-c4ccc5ccc6ccc7ccccc7c6c5c4)cc3)c3cccc(-c4cccc5c4oc4ccccc45)c3)cc2)cc1. The number of hydrogen-bond donors (Lipinski definition) is 0. The molecule has 0 unspecified atom stereocenters. The Morgan fingerprint density at radius 3 is 1.64 bits per heavy atom. The molecule has 10 aromatic carbocycles. The van der Waals surface area contributed by atoms with E-state index in [0.29, 0.717) is 0 Å². The Labute approximate surface area is 325 Å². The summed E-state index contributed by atoms with van der Waals surface area (Å²) in [5, 5.41) is 9.90. The molecule has 0 spiro atoms. The predicted octanol–water partition coefficient (Wildman–Crippen LogP) is 15.5. The van der Waals surface area contributed by atoms with Crippen LogP contribution in [0.1, 0.15) is 0 Å². The van der Waals surface area contributed by atoms with Crippen molar-refractivity contribution in [1.29, 1.82) is 0 Å². The van der Waals surface area contributed by atoms with E-state index >= 15 is 0 Å². The van der Waals surface area contributed by atoms with Crippen molar-refractivity contribution in [2.45, 2.75) is 0 Å². The standard InChI is InChI=1S/C54H35NO/c1-2-10-36(11-3-1)37-26-30-44(31-27-37)55(46-14-8-13-43(34-46)48-17-9-18-50-49-16-6-7-19-52(49)56-54(48)50)45-32-28-38(29-33-45)42-25-22-40-21-24-41-23-20-39-12-4-5-15-47(39)53(41)51(40)35-42/h1-35H. The second kappa shape index (κ2) is 13.2. The van der Waals surface area contributed by atoms with Gasteiger partial charge >= 0.3 is 0 Å². The van der Waals surface area contributed by atoms with E-state index in [4.69, 9.17) is 4.42 Å². The van der Waals surface area contributed by atoms with E-state index in [1.165, 1.54) is 54.6 Å². The highest BCUT2D eigenvalue weighted by atomic mass is 16.3. The van der Waals surface area contributed by atoms with Gasteiger partial charge in [0.25, 0.3) is 0 Å². The number of nitrogens with zero attached hydrogens (tertiary/aromatic N) is 1. The van der Waals surface area contributed by atoms with Crippen molar-refractivity contribution in [1.82, 2.24) is 0 Å². The van der Waals surface area contributed by atoms with Gasteiger partial charge in [-0.2, -0.15) is 0 Å². The minimum absolute atomic E-state index is 0.902. The third-order valence-corrected chi connectivity index (χ3v) is 11.2. The van der Waals surface area contributed by atoms with Crippen molar-refractivity contribution in [2.75, 3.05) is 4.90 Å². The first kappa shape index (κ1) is 32.0.